The van der Waals surface area contributed by atoms with Crippen LogP contribution in [0.15, 0.2) is 11.8 Å². The summed E-state index contributed by atoms with van der Waals surface area (Å²) in [5.41, 5.74) is 2.07. The Morgan fingerprint density at radius 2 is 1.20 bits per heavy atom. The summed E-state index contributed by atoms with van der Waals surface area (Å²) in [5, 5.41) is 0. The van der Waals surface area contributed by atoms with Crippen molar-refractivity contribution in [2.75, 3.05) is 19.8 Å². The Morgan fingerprint density at radius 1 is 0.700 bits per heavy atom. The van der Waals surface area contributed by atoms with E-state index in [-0.39, 0.29) is 0 Å². The molecule has 120 valence electrons. The van der Waals surface area contributed by atoms with Gasteiger partial charge in [-0.05, 0) is 39.3 Å². The maximum atomic E-state index is 5.78. The van der Waals surface area contributed by atoms with Crippen molar-refractivity contribution < 1.29 is 13.3 Å². The normalized spacial score (nSPS) is 12.4. The summed E-state index contributed by atoms with van der Waals surface area (Å²) >= 11 is 0. The SMILES string of the molecule is CCCCCCCC/C=C\[Si](OCC)(OCC)OCC. The molecular weight excluding hydrogens is 268 g/mol. The Morgan fingerprint density at radius 3 is 1.70 bits per heavy atom. The summed E-state index contributed by atoms with van der Waals surface area (Å²) in [6.07, 6.45) is 11.2. The van der Waals surface area contributed by atoms with Crippen molar-refractivity contribution in [2.24, 2.45) is 0 Å². The fraction of sp³-hybridized carbons (Fsp3) is 0.875. The van der Waals surface area contributed by atoms with E-state index in [2.05, 4.69) is 18.7 Å². The summed E-state index contributed by atoms with van der Waals surface area (Å²) in [6, 6.07) is 0. The van der Waals surface area contributed by atoms with E-state index < -0.39 is 8.80 Å². The van der Waals surface area contributed by atoms with Crippen molar-refractivity contribution in [1.29, 1.82) is 0 Å². The molecule has 0 aliphatic carbocycles. The molecule has 0 fully saturated rings. The van der Waals surface area contributed by atoms with Gasteiger partial charge in [0.05, 0.1) is 0 Å². The minimum absolute atomic E-state index is 0.633. The van der Waals surface area contributed by atoms with Crippen LogP contribution in [0.3, 0.4) is 0 Å². The number of rotatable bonds is 14. The standard InChI is InChI=1S/C16H34O3Si/c1-5-9-10-11-12-13-14-15-16-20(17-6-2,18-7-3)19-8-4/h15-16H,5-14H2,1-4H3/b16-15-. The maximum absolute atomic E-state index is 5.78. The molecule has 0 radical (unpaired) electrons. The summed E-state index contributed by atoms with van der Waals surface area (Å²) < 4.78 is 17.3. The largest absolute Gasteiger partial charge is 0.529 e. The van der Waals surface area contributed by atoms with E-state index in [0.717, 1.165) is 6.42 Å². The average Bonchev–Trinajstić information content (AvgIpc) is 2.43. The molecular formula is C16H34O3Si. The quantitative estimate of drug-likeness (QED) is 0.338. The lowest BCUT2D eigenvalue weighted by Gasteiger charge is -2.25. The molecule has 0 aliphatic heterocycles. The van der Waals surface area contributed by atoms with Crippen molar-refractivity contribution in [1.82, 2.24) is 0 Å². The molecule has 4 heteroatoms. The van der Waals surface area contributed by atoms with Crippen LogP contribution in [0.4, 0.5) is 0 Å². The van der Waals surface area contributed by atoms with Crippen LogP contribution >= 0.6 is 0 Å². The Labute approximate surface area is 127 Å². The monoisotopic (exact) mass is 302 g/mol. The summed E-state index contributed by atoms with van der Waals surface area (Å²) in [4.78, 5) is 0. The topological polar surface area (TPSA) is 27.7 Å². The van der Waals surface area contributed by atoms with Gasteiger partial charge < -0.3 is 13.3 Å². The minimum atomic E-state index is -2.56. The van der Waals surface area contributed by atoms with Crippen LogP contribution < -0.4 is 0 Å². The molecule has 0 aromatic heterocycles. The maximum Gasteiger partial charge on any atom is 0.529 e. The van der Waals surface area contributed by atoms with Gasteiger partial charge in [-0.25, -0.2) is 0 Å². The predicted octanol–water partition coefficient (Wildman–Crippen LogP) is 4.88. The van der Waals surface area contributed by atoms with Gasteiger partial charge in [0.2, 0.25) is 0 Å². The molecule has 0 aromatic rings. The van der Waals surface area contributed by atoms with E-state index in [0.29, 0.717) is 19.8 Å². The first-order chi connectivity index (χ1) is 9.74. The third-order valence-corrected chi connectivity index (χ3v) is 5.80. The molecule has 0 heterocycles. The smallest absolute Gasteiger partial charge is 0.371 e. The summed E-state index contributed by atoms with van der Waals surface area (Å²) in [5.74, 6) is 0. The van der Waals surface area contributed by atoms with Crippen LogP contribution in [0.2, 0.25) is 0 Å². The fourth-order valence-corrected chi connectivity index (χ4v) is 4.34. The highest BCUT2D eigenvalue weighted by Gasteiger charge is 2.37. The highest BCUT2D eigenvalue weighted by atomic mass is 28.4. The molecule has 0 rings (SSSR count). The third kappa shape index (κ3) is 9.70. The van der Waals surface area contributed by atoms with Gasteiger partial charge in [0.1, 0.15) is 0 Å². The average molecular weight is 303 g/mol. The Balaban J connectivity index is 4.04. The van der Waals surface area contributed by atoms with E-state index in [9.17, 15) is 0 Å². The van der Waals surface area contributed by atoms with E-state index in [1.807, 2.05) is 20.8 Å². The molecule has 20 heavy (non-hydrogen) atoms. The van der Waals surface area contributed by atoms with Crippen LogP contribution in [0, 0.1) is 0 Å². The second-order valence-corrected chi connectivity index (χ2v) is 7.27. The lowest BCUT2D eigenvalue weighted by Crippen LogP contribution is -2.44. The summed E-state index contributed by atoms with van der Waals surface area (Å²) in [6.45, 7) is 10.1. The van der Waals surface area contributed by atoms with E-state index in [1.165, 1.54) is 38.5 Å². The number of hydrogen-bond acceptors (Lipinski definition) is 3. The number of hydrogen-bond donors (Lipinski definition) is 0. The molecule has 0 unspecified atom stereocenters. The van der Waals surface area contributed by atoms with Crippen molar-refractivity contribution in [2.45, 2.75) is 72.6 Å². The zero-order valence-electron chi connectivity index (χ0n) is 14.0. The van der Waals surface area contributed by atoms with Gasteiger partial charge in [0, 0.05) is 19.8 Å². The van der Waals surface area contributed by atoms with E-state index in [1.54, 1.807) is 0 Å². The highest BCUT2D eigenvalue weighted by Crippen LogP contribution is 2.14. The molecule has 0 aliphatic rings. The van der Waals surface area contributed by atoms with Crippen LogP contribution in [-0.4, -0.2) is 28.6 Å². The van der Waals surface area contributed by atoms with Crippen molar-refractivity contribution in [3.8, 4) is 0 Å². The lowest BCUT2D eigenvalue weighted by molar-refractivity contribution is 0.0842. The number of allylic oxidation sites excluding steroid dienone is 1. The molecule has 0 saturated heterocycles. The molecule has 0 aromatic carbocycles. The first kappa shape index (κ1) is 19.8. The van der Waals surface area contributed by atoms with Gasteiger partial charge in [-0.15, -0.1) is 0 Å². The van der Waals surface area contributed by atoms with Gasteiger partial charge in [-0.2, -0.15) is 0 Å². The van der Waals surface area contributed by atoms with Gasteiger partial charge in [-0.3, -0.25) is 0 Å². The van der Waals surface area contributed by atoms with Gasteiger partial charge in [0.15, 0.2) is 0 Å². The molecule has 0 bridgehead atoms. The Kier molecular flexibility index (Phi) is 13.7. The molecule has 0 N–H and O–H groups in total. The molecule has 0 spiro atoms. The van der Waals surface area contributed by atoms with Crippen LogP contribution in [-0.2, 0) is 13.3 Å². The molecule has 0 saturated carbocycles. The zero-order chi connectivity index (χ0) is 15.1. The first-order valence-electron chi connectivity index (χ1n) is 8.34. The second-order valence-electron chi connectivity index (χ2n) is 4.86. The Bertz CT molecular complexity index is 215. The first-order valence-corrected chi connectivity index (χ1v) is 10.1. The third-order valence-electron chi connectivity index (χ3n) is 3.08. The van der Waals surface area contributed by atoms with Crippen molar-refractivity contribution in [3.63, 3.8) is 0 Å². The molecule has 3 nitrogen and oxygen atoms in total. The van der Waals surface area contributed by atoms with Crippen LogP contribution in [0.25, 0.3) is 0 Å². The molecule has 0 atom stereocenters. The van der Waals surface area contributed by atoms with Crippen molar-refractivity contribution in [3.05, 3.63) is 11.8 Å². The van der Waals surface area contributed by atoms with E-state index >= 15 is 0 Å². The zero-order valence-corrected chi connectivity index (χ0v) is 15.0. The second kappa shape index (κ2) is 13.8. The van der Waals surface area contributed by atoms with Gasteiger partial charge >= 0.3 is 8.80 Å². The van der Waals surface area contributed by atoms with Gasteiger partial charge in [0.25, 0.3) is 0 Å². The van der Waals surface area contributed by atoms with E-state index in [4.69, 9.17) is 13.3 Å². The predicted molar refractivity (Wildman–Crippen MR) is 87.8 cm³/mol. The Hall–Kier alpha value is -0.163. The van der Waals surface area contributed by atoms with Crippen LogP contribution in [0.1, 0.15) is 72.6 Å². The lowest BCUT2D eigenvalue weighted by atomic mass is 10.1. The fourth-order valence-electron chi connectivity index (χ4n) is 2.14. The van der Waals surface area contributed by atoms with Gasteiger partial charge in [-0.1, -0.05) is 45.1 Å². The highest BCUT2D eigenvalue weighted by molar-refractivity contribution is 6.66. The minimum Gasteiger partial charge on any atom is -0.371 e. The van der Waals surface area contributed by atoms with Crippen LogP contribution in [0.5, 0.6) is 0 Å². The molecule has 0 amide bonds. The number of unbranched alkanes of at least 4 members (excludes halogenated alkanes) is 6. The summed E-state index contributed by atoms with van der Waals surface area (Å²) in [7, 11) is -2.56. The van der Waals surface area contributed by atoms with Crippen molar-refractivity contribution >= 4 is 8.80 Å².